The standard InChI is InChI=1S/C7H5F3N2/c1-11-6-4-2-3-5(12-6)7(8,9)10/h2-4H,1H2. The number of halogens is 3. The summed E-state index contributed by atoms with van der Waals surface area (Å²) >= 11 is 0. The van der Waals surface area contributed by atoms with E-state index in [2.05, 4.69) is 16.7 Å². The van der Waals surface area contributed by atoms with E-state index in [9.17, 15) is 13.2 Å². The summed E-state index contributed by atoms with van der Waals surface area (Å²) in [6, 6.07) is 3.47. The highest BCUT2D eigenvalue weighted by Crippen LogP contribution is 2.28. The summed E-state index contributed by atoms with van der Waals surface area (Å²) in [7, 11) is 0. The first kappa shape index (κ1) is 8.70. The van der Waals surface area contributed by atoms with Crippen LogP contribution in [0.3, 0.4) is 0 Å². The summed E-state index contributed by atoms with van der Waals surface area (Å²) in [5.74, 6) is -0.0233. The average molecular weight is 174 g/mol. The van der Waals surface area contributed by atoms with E-state index in [1.54, 1.807) is 0 Å². The Labute approximate surface area is 66.8 Å². The van der Waals surface area contributed by atoms with Gasteiger partial charge in [-0.2, -0.15) is 13.2 Å². The van der Waals surface area contributed by atoms with E-state index >= 15 is 0 Å². The molecule has 0 N–H and O–H groups in total. The van der Waals surface area contributed by atoms with Gasteiger partial charge < -0.3 is 0 Å². The molecule has 0 aliphatic heterocycles. The molecular weight excluding hydrogens is 169 g/mol. The molecule has 1 rings (SSSR count). The van der Waals surface area contributed by atoms with E-state index in [-0.39, 0.29) is 5.82 Å². The molecule has 64 valence electrons. The van der Waals surface area contributed by atoms with Gasteiger partial charge in [0.25, 0.3) is 0 Å². The van der Waals surface area contributed by atoms with Crippen molar-refractivity contribution in [1.29, 1.82) is 0 Å². The summed E-state index contributed by atoms with van der Waals surface area (Å²) < 4.78 is 35.9. The highest BCUT2D eigenvalue weighted by molar-refractivity contribution is 5.39. The third-order valence-corrected chi connectivity index (χ3v) is 1.19. The lowest BCUT2D eigenvalue weighted by molar-refractivity contribution is -0.141. The monoisotopic (exact) mass is 174 g/mol. The Bertz CT molecular complexity index is 293. The van der Waals surface area contributed by atoms with E-state index in [0.717, 1.165) is 6.07 Å². The molecule has 12 heavy (non-hydrogen) atoms. The number of alkyl halides is 3. The minimum atomic E-state index is -4.42. The normalized spacial score (nSPS) is 11.2. The van der Waals surface area contributed by atoms with Crippen molar-refractivity contribution in [2.24, 2.45) is 4.99 Å². The van der Waals surface area contributed by atoms with Crippen LogP contribution in [0.4, 0.5) is 19.0 Å². The second kappa shape index (κ2) is 2.92. The van der Waals surface area contributed by atoms with Crippen LogP contribution in [0.25, 0.3) is 0 Å². The zero-order valence-corrected chi connectivity index (χ0v) is 5.97. The Hall–Kier alpha value is -1.39. The molecule has 1 aromatic heterocycles. The van der Waals surface area contributed by atoms with Crippen LogP contribution in [-0.2, 0) is 6.18 Å². The van der Waals surface area contributed by atoms with E-state index < -0.39 is 11.9 Å². The van der Waals surface area contributed by atoms with Crippen LogP contribution in [0.5, 0.6) is 0 Å². The zero-order valence-electron chi connectivity index (χ0n) is 5.97. The smallest absolute Gasteiger partial charge is 0.245 e. The molecule has 2 nitrogen and oxygen atoms in total. The minimum Gasteiger partial charge on any atom is -0.245 e. The van der Waals surface area contributed by atoms with Crippen LogP contribution in [0.1, 0.15) is 5.69 Å². The zero-order chi connectivity index (χ0) is 9.19. The van der Waals surface area contributed by atoms with E-state index in [1.165, 1.54) is 12.1 Å². The van der Waals surface area contributed by atoms with E-state index in [0.29, 0.717) is 0 Å². The molecule has 0 amide bonds. The van der Waals surface area contributed by atoms with Crippen LogP contribution in [-0.4, -0.2) is 11.7 Å². The second-order valence-corrected chi connectivity index (χ2v) is 2.04. The number of aromatic nitrogens is 1. The molecule has 0 radical (unpaired) electrons. The van der Waals surface area contributed by atoms with Crippen LogP contribution < -0.4 is 0 Å². The van der Waals surface area contributed by atoms with Gasteiger partial charge in [0.15, 0.2) is 5.82 Å². The molecule has 1 heterocycles. The van der Waals surface area contributed by atoms with Crippen molar-refractivity contribution >= 4 is 12.5 Å². The molecule has 0 saturated carbocycles. The second-order valence-electron chi connectivity index (χ2n) is 2.04. The molecule has 0 aliphatic rings. The summed E-state index contributed by atoms with van der Waals surface area (Å²) in [6.07, 6.45) is -4.42. The highest BCUT2D eigenvalue weighted by atomic mass is 19.4. The molecule has 0 atom stereocenters. The Kier molecular flexibility index (Phi) is 2.12. The molecule has 0 fully saturated rings. The fourth-order valence-electron chi connectivity index (χ4n) is 0.669. The van der Waals surface area contributed by atoms with Gasteiger partial charge in [0, 0.05) is 0 Å². The highest BCUT2D eigenvalue weighted by Gasteiger charge is 2.32. The lowest BCUT2D eigenvalue weighted by atomic mass is 10.3. The van der Waals surface area contributed by atoms with Gasteiger partial charge in [0.05, 0.1) is 0 Å². The molecule has 0 bridgehead atoms. The average Bonchev–Trinajstić information content (AvgIpc) is 2.03. The minimum absolute atomic E-state index is 0.0233. The summed E-state index contributed by atoms with van der Waals surface area (Å²) in [5, 5.41) is 0. The molecule has 1 aromatic rings. The summed E-state index contributed by atoms with van der Waals surface area (Å²) in [4.78, 5) is 6.49. The Balaban J connectivity index is 3.10. The molecule has 0 spiro atoms. The largest absolute Gasteiger partial charge is 0.433 e. The van der Waals surface area contributed by atoms with Gasteiger partial charge in [0.1, 0.15) is 5.69 Å². The van der Waals surface area contributed by atoms with Crippen molar-refractivity contribution in [2.45, 2.75) is 6.18 Å². The van der Waals surface area contributed by atoms with Crippen LogP contribution in [0.2, 0.25) is 0 Å². The Morgan fingerprint density at radius 3 is 2.50 bits per heavy atom. The van der Waals surface area contributed by atoms with Crippen LogP contribution in [0.15, 0.2) is 23.2 Å². The van der Waals surface area contributed by atoms with Gasteiger partial charge in [-0.3, -0.25) is 0 Å². The fraction of sp³-hybridized carbons (Fsp3) is 0.143. The third kappa shape index (κ3) is 1.81. The van der Waals surface area contributed by atoms with Crippen LogP contribution in [0, 0.1) is 0 Å². The third-order valence-electron chi connectivity index (χ3n) is 1.19. The lowest BCUT2D eigenvalue weighted by Gasteiger charge is -2.04. The van der Waals surface area contributed by atoms with Gasteiger partial charge in [0.2, 0.25) is 0 Å². The fourth-order valence-corrected chi connectivity index (χ4v) is 0.669. The van der Waals surface area contributed by atoms with Crippen molar-refractivity contribution in [2.75, 3.05) is 0 Å². The SMILES string of the molecule is C=Nc1cccc(C(F)(F)F)n1. The van der Waals surface area contributed by atoms with E-state index in [4.69, 9.17) is 0 Å². The number of nitrogens with zero attached hydrogens (tertiary/aromatic N) is 2. The van der Waals surface area contributed by atoms with Gasteiger partial charge in [-0.1, -0.05) is 6.07 Å². The molecule has 0 aliphatic carbocycles. The number of pyridine rings is 1. The number of aliphatic imine (C=N–C) groups is 1. The maximum Gasteiger partial charge on any atom is 0.433 e. The van der Waals surface area contributed by atoms with Gasteiger partial charge >= 0.3 is 6.18 Å². The lowest BCUT2D eigenvalue weighted by Crippen LogP contribution is -2.06. The summed E-state index contributed by atoms with van der Waals surface area (Å²) in [5.41, 5.74) is -0.951. The van der Waals surface area contributed by atoms with E-state index in [1.807, 2.05) is 0 Å². The molecule has 0 saturated heterocycles. The maximum absolute atomic E-state index is 12.0. The molecule has 0 unspecified atom stereocenters. The number of rotatable bonds is 1. The van der Waals surface area contributed by atoms with Crippen molar-refractivity contribution < 1.29 is 13.2 Å². The maximum atomic E-state index is 12.0. The molecule has 0 aromatic carbocycles. The predicted molar refractivity (Wildman–Crippen MR) is 38.4 cm³/mol. The first-order chi connectivity index (χ1) is 5.54. The van der Waals surface area contributed by atoms with Crippen molar-refractivity contribution in [3.05, 3.63) is 23.9 Å². The van der Waals surface area contributed by atoms with Crippen molar-refractivity contribution in [3.63, 3.8) is 0 Å². The Morgan fingerprint density at radius 1 is 1.33 bits per heavy atom. The molecule has 5 heteroatoms. The van der Waals surface area contributed by atoms with Crippen LogP contribution >= 0.6 is 0 Å². The van der Waals surface area contributed by atoms with Crippen molar-refractivity contribution in [1.82, 2.24) is 4.98 Å². The predicted octanol–water partition coefficient (Wildman–Crippen LogP) is 2.43. The first-order valence-corrected chi connectivity index (χ1v) is 3.05. The first-order valence-electron chi connectivity index (χ1n) is 3.05. The van der Waals surface area contributed by atoms with Crippen molar-refractivity contribution in [3.8, 4) is 0 Å². The number of hydrogen-bond donors (Lipinski definition) is 0. The Morgan fingerprint density at radius 2 is 2.00 bits per heavy atom. The molecular formula is C7H5F3N2. The van der Waals surface area contributed by atoms with Gasteiger partial charge in [-0.15, -0.1) is 0 Å². The van der Waals surface area contributed by atoms with Gasteiger partial charge in [-0.05, 0) is 18.9 Å². The topological polar surface area (TPSA) is 25.2 Å². The quantitative estimate of drug-likeness (QED) is 0.600. The summed E-state index contributed by atoms with van der Waals surface area (Å²) in [6.45, 7) is 3.07. The number of hydrogen-bond acceptors (Lipinski definition) is 2. The van der Waals surface area contributed by atoms with Gasteiger partial charge in [-0.25, -0.2) is 9.98 Å².